The molecule has 0 aromatic rings. The van der Waals surface area contributed by atoms with Gasteiger partial charge in [-0.2, -0.15) is 4.99 Å². The molecule has 0 bridgehead atoms. The summed E-state index contributed by atoms with van der Waals surface area (Å²) in [4.78, 5) is 39.0. The SMILES string of the molecule is CSC(=NC(=O)OC(C)(C)C)NC(=O)C(C)NC(=O)OC(C)(C)C. The fourth-order valence-corrected chi connectivity index (χ4v) is 1.62. The number of aliphatic imine (C=N–C) groups is 1. The van der Waals surface area contributed by atoms with Gasteiger partial charge in [-0.25, -0.2) is 9.59 Å². The Hall–Kier alpha value is -1.77. The zero-order valence-corrected chi connectivity index (χ0v) is 16.3. The summed E-state index contributed by atoms with van der Waals surface area (Å²) in [7, 11) is 0. The number of rotatable bonds is 2. The molecule has 2 N–H and O–H groups in total. The van der Waals surface area contributed by atoms with Crippen LogP contribution in [0.3, 0.4) is 0 Å². The van der Waals surface area contributed by atoms with Crippen molar-refractivity contribution < 1.29 is 23.9 Å². The molecule has 0 aliphatic heterocycles. The quantitative estimate of drug-likeness (QED) is 0.578. The average Bonchev–Trinajstić information content (AvgIpc) is 2.32. The van der Waals surface area contributed by atoms with E-state index in [1.165, 1.54) is 6.92 Å². The molecule has 8 nitrogen and oxygen atoms in total. The van der Waals surface area contributed by atoms with E-state index in [2.05, 4.69) is 15.6 Å². The normalized spacial score (nSPS) is 13.8. The van der Waals surface area contributed by atoms with Gasteiger partial charge < -0.3 is 20.1 Å². The van der Waals surface area contributed by atoms with Gasteiger partial charge in [0.1, 0.15) is 17.2 Å². The number of amides is 3. The van der Waals surface area contributed by atoms with Crippen molar-refractivity contribution in [2.75, 3.05) is 6.26 Å². The number of hydrogen-bond acceptors (Lipinski definition) is 6. The molecule has 138 valence electrons. The molecule has 0 aliphatic rings. The summed E-state index contributed by atoms with van der Waals surface area (Å²) in [6.45, 7) is 11.8. The fourth-order valence-electron chi connectivity index (χ4n) is 1.26. The Balaban J connectivity index is 4.70. The predicted octanol–water partition coefficient (Wildman–Crippen LogP) is 2.67. The Labute approximate surface area is 147 Å². The second-order valence-electron chi connectivity index (χ2n) is 6.96. The van der Waals surface area contributed by atoms with Gasteiger partial charge in [-0.3, -0.25) is 4.79 Å². The Morgan fingerprint density at radius 2 is 1.50 bits per heavy atom. The summed E-state index contributed by atoms with van der Waals surface area (Å²) in [6.07, 6.45) is 0.134. The van der Waals surface area contributed by atoms with Crippen LogP contribution in [0.2, 0.25) is 0 Å². The summed E-state index contributed by atoms with van der Waals surface area (Å²) >= 11 is 1.07. The van der Waals surface area contributed by atoms with Crippen LogP contribution in [-0.2, 0) is 14.3 Å². The molecule has 0 saturated carbocycles. The first kappa shape index (κ1) is 22.2. The molecule has 1 atom stereocenters. The molecule has 0 rings (SSSR count). The maximum absolute atomic E-state index is 12.1. The summed E-state index contributed by atoms with van der Waals surface area (Å²) in [5, 5.41) is 4.93. The first-order valence-electron chi connectivity index (χ1n) is 7.39. The minimum absolute atomic E-state index is 0.0760. The lowest BCUT2D eigenvalue weighted by Gasteiger charge is -2.21. The zero-order chi connectivity index (χ0) is 19.1. The molecule has 0 saturated heterocycles. The van der Waals surface area contributed by atoms with Gasteiger partial charge >= 0.3 is 12.2 Å². The standard InChI is InChI=1S/C15H27N3O5S/c1-9(16-12(20)22-14(2,3)4)10(19)17-11(24-8)18-13(21)23-15(5,6)7/h9H,1-8H3,(H,16,20)(H,17,18,19,21). The van der Waals surface area contributed by atoms with Crippen LogP contribution in [0.4, 0.5) is 9.59 Å². The highest BCUT2D eigenvalue weighted by atomic mass is 32.2. The lowest BCUT2D eigenvalue weighted by molar-refractivity contribution is -0.121. The summed E-state index contributed by atoms with van der Waals surface area (Å²) < 4.78 is 10.1. The van der Waals surface area contributed by atoms with E-state index < -0.39 is 35.3 Å². The number of carbonyl (C=O) groups is 3. The molecular formula is C15H27N3O5S. The van der Waals surface area contributed by atoms with Crippen molar-refractivity contribution >= 4 is 35.0 Å². The van der Waals surface area contributed by atoms with Gasteiger partial charge in [0.05, 0.1) is 0 Å². The number of hydrogen-bond donors (Lipinski definition) is 2. The van der Waals surface area contributed by atoms with E-state index in [1.54, 1.807) is 47.8 Å². The predicted molar refractivity (Wildman–Crippen MR) is 94.2 cm³/mol. The molecule has 0 aromatic carbocycles. The Morgan fingerprint density at radius 1 is 1.00 bits per heavy atom. The van der Waals surface area contributed by atoms with Gasteiger partial charge in [-0.05, 0) is 54.7 Å². The van der Waals surface area contributed by atoms with Crippen molar-refractivity contribution in [2.24, 2.45) is 4.99 Å². The molecule has 24 heavy (non-hydrogen) atoms. The Bertz CT molecular complexity index is 506. The van der Waals surface area contributed by atoms with Crippen LogP contribution < -0.4 is 10.6 Å². The van der Waals surface area contributed by atoms with Crippen LogP contribution in [0, 0.1) is 0 Å². The number of thioether (sulfide) groups is 1. The van der Waals surface area contributed by atoms with Crippen molar-refractivity contribution in [1.82, 2.24) is 10.6 Å². The Kier molecular flexibility index (Phi) is 8.25. The summed E-state index contributed by atoms with van der Waals surface area (Å²) in [6, 6.07) is -0.865. The van der Waals surface area contributed by atoms with E-state index in [4.69, 9.17) is 9.47 Å². The molecule has 1 unspecified atom stereocenters. The largest absolute Gasteiger partial charge is 0.444 e. The van der Waals surface area contributed by atoms with Crippen molar-refractivity contribution in [1.29, 1.82) is 0 Å². The molecule has 0 aliphatic carbocycles. The highest BCUT2D eigenvalue weighted by Gasteiger charge is 2.22. The van der Waals surface area contributed by atoms with Gasteiger partial charge in [-0.15, -0.1) is 0 Å². The lowest BCUT2D eigenvalue weighted by Crippen LogP contribution is -2.47. The maximum Gasteiger partial charge on any atom is 0.436 e. The van der Waals surface area contributed by atoms with Gasteiger partial charge in [0.25, 0.3) is 0 Å². The van der Waals surface area contributed by atoms with Crippen LogP contribution in [-0.4, -0.2) is 46.8 Å². The maximum atomic E-state index is 12.1. The van der Waals surface area contributed by atoms with Crippen molar-refractivity contribution in [2.45, 2.75) is 65.7 Å². The minimum Gasteiger partial charge on any atom is -0.444 e. The van der Waals surface area contributed by atoms with Crippen LogP contribution in [0.15, 0.2) is 4.99 Å². The third-order valence-electron chi connectivity index (χ3n) is 2.14. The molecule has 0 spiro atoms. The topological polar surface area (TPSA) is 106 Å². The highest BCUT2D eigenvalue weighted by molar-refractivity contribution is 8.13. The second kappa shape index (κ2) is 8.91. The first-order valence-corrected chi connectivity index (χ1v) is 8.62. The van der Waals surface area contributed by atoms with Crippen LogP contribution in [0.25, 0.3) is 0 Å². The van der Waals surface area contributed by atoms with E-state index >= 15 is 0 Å². The lowest BCUT2D eigenvalue weighted by atomic mass is 10.2. The summed E-state index contributed by atoms with van der Waals surface area (Å²) in [5.74, 6) is -0.530. The third kappa shape index (κ3) is 10.9. The molecule has 9 heteroatoms. The number of amidine groups is 1. The van der Waals surface area contributed by atoms with Crippen LogP contribution in [0.5, 0.6) is 0 Å². The summed E-state index contributed by atoms with van der Waals surface area (Å²) in [5.41, 5.74) is -1.34. The van der Waals surface area contributed by atoms with E-state index in [1.807, 2.05) is 0 Å². The number of nitrogens with one attached hydrogen (secondary N) is 2. The molecular weight excluding hydrogens is 334 g/mol. The van der Waals surface area contributed by atoms with E-state index in [0.717, 1.165) is 11.8 Å². The van der Waals surface area contributed by atoms with Crippen molar-refractivity contribution in [3.63, 3.8) is 0 Å². The van der Waals surface area contributed by atoms with E-state index in [-0.39, 0.29) is 5.17 Å². The minimum atomic E-state index is -0.865. The number of ether oxygens (including phenoxy) is 2. The van der Waals surface area contributed by atoms with Crippen LogP contribution >= 0.6 is 11.8 Å². The van der Waals surface area contributed by atoms with Gasteiger partial charge in [0.2, 0.25) is 5.91 Å². The van der Waals surface area contributed by atoms with Gasteiger partial charge in [0, 0.05) is 0 Å². The highest BCUT2D eigenvalue weighted by Crippen LogP contribution is 2.09. The van der Waals surface area contributed by atoms with E-state index in [9.17, 15) is 14.4 Å². The molecule has 0 fully saturated rings. The third-order valence-corrected chi connectivity index (χ3v) is 2.72. The monoisotopic (exact) mass is 361 g/mol. The first-order chi connectivity index (χ1) is 10.7. The Morgan fingerprint density at radius 3 is 1.92 bits per heavy atom. The zero-order valence-electron chi connectivity index (χ0n) is 15.5. The van der Waals surface area contributed by atoms with Crippen LogP contribution in [0.1, 0.15) is 48.5 Å². The molecule has 0 heterocycles. The number of carbonyl (C=O) groups excluding carboxylic acids is 3. The number of nitrogens with zero attached hydrogens (tertiary/aromatic N) is 1. The average molecular weight is 361 g/mol. The van der Waals surface area contributed by atoms with Gasteiger partial charge in [0.15, 0.2) is 5.17 Å². The van der Waals surface area contributed by atoms with Crippen molar-refractivity contribution in [3.05, 3.63) is 0 Å². The van der Waals surface area contributed by atoms with E-state index in [0.29, 0.717) is 0 Å². The number of alkyl carbamates (subject to hydrolysis) is 1. The smallest absolute Gasteiger partial charge is 0.436 e. The fraction of sp³-hybridized carbons (Fsp3) is 0.733. The second-order valence-corrected chi connectivity index (χ2v) is 7.75. The van der Waals surface area contributed by atoms with Gasteiger partial charge in [-0.1, -0.05) is 11.8 Å². The van der Waals surface area contributed by atoms with Crippen molar-refractivity contribution in [3.8, 4) is 0 Å². The molecule has 3 amide bonds. The molecule has 0 radical (unpaired) electrons. The molecule has 0 aromatic heterocycles.